The summed E-state index contributed by atoms with van der Waals surface area (Å²) in [4.78, 5) is 53.7. The second-order valence-corrected chi connectivity index (χ2v) is 20.5. The van der Waals surface area contributed by atoms with Gasteiger partial charge in [-0.1, -0.05) is 0 Å². The van der Waals surface area contributed by atoms with Gasteiger partial charge in [0.1, 0.15) is 11.6 Å². The molecule has 2 atom stereocenters. The first-order valence-electron chi connectivity index (χ1n) is 21.7. The Kier molecular flexibility index (Phi) is 15.0. The van der Waals surface area contributed by atoms with Gasteiger partial charge in [-0.15, -0.1) is 0 Å². The summed E-state index contributed by atoms with van der Waals surface area (Å²) in [6.07, 6.45) is -16.8. The second kappa shape index (κ2) is 18.7. The number of rotatable bonds is 10. The highest BCUT2D eigenvalue weighted by molar-refractivity contribution is 5.87. The molecule has 20 heteroatoms. The minimum Gasteiger partial charge on any atom is -0.350 e. The summed E-state index contributed by atoms with van der Waals surface area (Å²) in [5.74, 6) is -1.58. The van der Waals surface area contributed by atoms with Crippen LogP contribution < -0.4 is 10.6 Å². The van der Waals surface area contributed by atoms with Crippen molar-refractivity contribution >= 4 is 23.4 Å². The summed E-state index contributed by atoms with van der Waals surface area (Å²) in [5.41, 5.74) is -7.39. The number of nitrogens with zero attached hydrogens (tertiary/aromatic N) is 2. The van der Waals surface area contributed by atoms with Gasteiger partial charge in [0, 0.05) is 35.8 Å². The number of carbonyl (C=O) groups excluding carboxylic acids is 4. The molecule has 0 radical (unpaired) electrons. The van der Waals surface area contributed by atoms with Crippen molar-refractivity contribution in [1.29, 1.82) is 0 Å². The molecule has 4 aliphatic rings. The molecule has 2 saturated carbocycles. The van der Waals surface area contributed by atoms with Crippen LogP contribution in [-0.2, 0) is 56.7 Å². The standard InChI is InChI=1S/2C23H28F6N2O2/c2*1-20(2,3)30-19(33)13-31-6-4-21(5-7-31)12-17(21)18(32)10-14-8-15(22(24,25)26)11-16(9-14)23(27,28)29/h2*8-9,11,17H,4-7,10,12-13H2,1-3H3,(H,30,33)/t2*17-/m10/s1. The molecule has 2 heterocycles. The Balaban J connectivity index is 0.000000247. The van der Waals surface area contributed by atoms with Crippen molar-refractivity contribution in [2.45, 2.75) is 129 Å². The fourth-order valence-electron chi connectivity index (χ4n) is 9.24. The number of amides is 2. The van der Waals surface area contributed by atoms with E-state index in [1.54, 1.807) is 0 Å². The van der Waals surface area contributed by atoms with Crippen LogP contribution >= 0.6 is 0 Å². The van der Waals surface area contributed by atoms with Crippen LogP contribution in [-0.4, -0.2) is 83.5 Å². The van der Waals surface area contributed by atoms with E-state index in [0.717, 1.165) is 0 Å². The van der Waals surface area contributed by atoms with Crippen molar-refractivity contribution in [1.82, 2.24) is 20.4 Å². The third-order valence-corrected chi connectivity index (χ3v) is 12.7. The number of piperidine rings is 2. The van der Waals surface area contributed by atoms with E-state index >= 15 is 0 Å². The van der Waals surface area contributed by atoms with Crippen LogP contribution in [0.4, 0.5) is 52.7 Å². The molecule has 368 valence electrons. The van der Waals surface area contributed by atoms with Crippen LogP contribution in [0.25, 0.3) is 0 Å². The molecule has 2 aromatic carbocycles. The number of nitrogens with one attached hydrogen (secondary N) is 2. The lowest BCUT2D eigenvalue weighted by Crippen LogP contribution is -2.47. The SMILES string of the molecule is CC(C)(C)NC(=O)CN1CCC2(CC1)C[C@@H]2C(=O)Cc1cc(C(F)(F)F)cc(C(F)(F)F)c1.CC(C)(C)NC(=O)CN1CCC2(CC1)C[C@H]2C(=O)Cc1cc(C(F)(F)F)cc(C(F)(F)F)c1. The van der Waals surface area contributed by atoms with Gasteiger partial charge in [0.25, 0.3) is 0 Å². The Morgan fingerprint density at radius 1 is 0.485 bits per heavy atom. The Bertz CT molecular complexity index is 1900. The normalized spacial score (nSPS) is 21.2. The quantitative estimate of drug-likeness (QED) is 0.230. The monoisotopic (exact) mass is 956 g/mol. The zero-order valence-corrected chi connectivity index (χ0v) is 37.6. The first-order valence-corrected chi connectivity index (χ1v) is 21.7. The predicted octanol–water partition coefficient (Wildman–Crippen LogP) is 9.71. The number of hydrogen-bond donors (Lipinski definition) is 2. The van der Waals surface area contributed by atoms with Gasteiger partial charge in [-0.2, -0.15) is 52.7 Å². The molecule has 2 spiro atoms. The first-order chi connectivity index (χ1) is 30.0. The number of hydrogen-bond acceptors (Lipinski definition) is 6. The Morgan fingerprint density at radius 3 is 0.970 bits per heavy atom. The van der Waals surface area contributed by atoms with Gasteiger partial charge >= 0.3 is 24.7 Å². The number of likely N-dealkylation sites (tertiary alicyclic amines) is 2. The summed E-state index contributed by atoms with van der Waals surface area (Å²) in [5, 5.41) is 5.78. The number of halogens is 12. The molecule has 4 fully saturated rings. The first kappa shape index (κ1) is 52.8. The molecule has 2 saturated heterocycles. The molecule has 6 rings (SSSR count). The Hall–Kier alpha value is -4.20. The minimum atomic E-state index is -4.94. The molecule has 66 heavy (non-hydrogen) atoms. The summed E-state index contributed by atoms with van der Waals surface area (Å²) in [7, 11) is 0. The highest BCUT2D eigenvalue weighted by atomic mass is 19.4. The third kappa shape index (κ3) is 14.4. The summed E-state index contributed by atoms with van der Waals surface area (Å²) >= 11 is 0. The van der Waals surface area contributed by atoms with Crippen molar-refractivity contribution in [2.75, 3.05) is 39.3 Å². The van der Waals surface area contributed by atoms with E-state index in [1.807, 2.05) is 51.3 Å². The number of benzene rings is 2. The maximum absolute atomic E-state index is 13.1. The van der Waals surface area contributed by atoms with Gasteiger partial charge in [0.2, 0.25) is 11.8 Å². The van der Waals surface area contributed by atoms with Gasteiger partial charge in [0.15, 0.2) is 0 Å². The smallest absolute Gasteiger partial charge is 0.350 e. The van der Waals surface area contributed by atoms with Crippen LogP contribution in [0.5, 0.6) is 0 Å². The summed E-state index contributed by atoms with van der Waals surface area (Å²) in [6, 6.07) is 2.63. The average Bonchev–Trinajstić information content (AvgIpc) is 4.05. The molecular formula is C46H56F12N4O4. The van der Waals surface area contributed by atoms with Crippen LogP contribution in [0.3, 0.4) is 0 Å². The minimum absolute atomic E-state index is 0.0676. The molecule has 8 nitrogen and oxygen atoms in total. The van der Waals surface area contributed by atoms with E-state index in [2.05, 4.69) is 10.6 Å². The molecule has 2 aliphatic carbocycles. The van der Waals surface area contributed by atoms with Gasteiger partial charge in [-0.3, -0.25) is 29.0 Å². The predicted molar refractivity (Wildman–Crippen MR) is 219 cm³/mol. The van der Waals surface area contributed by atoms with Crippen molar-refractivity contribution in [2.24, 2.45) is 22.7 Å². The molecule has 0 bridgehead atoms. The zero-order chi connectivity index (χ0) is 49.6. The topological polar surface area (TPSA) is 98.8 Å². The molecule has 0 aromatic heterocycles. The van der Waals surface area contributed by atoms with Crippen molar-refractivity contribution in [3.8, 4) is 0 Å². The van der Waals surface area contributed by atoms with E-state index in [-0.39, 0.29) is 93.5 Å². The largest absolute Gasteiger partial charge is 0.416 e. The van der Waals surface area contributed by atoms with Crippen molar-refractivity contribution < 1.29 is 71.9 Å². The molecular weight excluding hydrogens is 901 g/mol. The lowest BCUT2D eigenvalue weighted by molar-refractivity contribution is -0.144. The highest BCUT2D eigenvalue weighted by Gasteiger charge is 2.59. The Morgan fingerprint density at radius 2 is 0.742 bits per heavy atom. The van der Waals surface area contributed by atoms with Crippen molar-refractivity contribution in [3.63, 3.8) is 0 Å². The molecule has 2 aromatic rings. The van der Waals surface area contributed by atoms with E-state index in [4.69, 9.17) is 0 Å². The second-order valence-electron chi connectivity index (χ2n) is 20.5. The number of carbonyl (C=O) groups is 4. The van der Waals surface area contributed by atoms with Gasteiger partial charge in [0.05, 0.1) is 35.3 Å². The van der Waals surface area contributed by atoms with Crippen LogP contribution in [0.1, 0.15) is 113 Å². The zero-order valence-electron chi connectivity index (χ0n) is 37.6. The van der Waals surface area contributed by atoms with Gasteiger partial charge in [-0.25, -0.2) is 0 Å². The van der Waals surface area contributed by atoms with E-state index < -0.39 is 59.8 Å². The Labute approximate surface area is 375 Å². The fourth-order valence-corrected chi connectivity index (χ4v) is 9.24. The maximum atomic E-state index is 13.1. The van der Waals surface area contributed by atoms with Gasteiger partial charge < -0.3 is 10.6 Å². The van der Waals surface area contributed by atoms with Gasteiger partial charge in [-0.05, 0) is 165 Å². The van der Waals surface area contributed by atoms with E-state index in [9.17, 15) is 71.9 Å². The van der Waals surface area contributed by atoms with Crippen molar-refractivity contribution in [3.05, 3.63) is 69.8 Å². The van der Waals surface area contributed by atoms with Crippen LogP contribution in [0.15, 0.2) is 36.4 Å². The summed E-state index contributed by atoms with van der Waals surface area (Å²) < 4.78 is 157. The number of Topliss-reactive ketones (excluding diaryl/α,β-unsaturated/α-hetero) is 2. The molecule has 2 amide bonds. The number of alkyl halides is 12. The number of ketones is 2. The molecule has 0 unspecified atom stereocenters. The highest BCUT2D eigenvalue weighted by Crippen LogP contribution is 2.61. The lowest BCUT2D eigenvalue weighted by atomic mass is 9.88. The lowest BCUT2D eigenvalue weighted by Gasteiger charge is -2.33. The molecule has 2 aliphatic heterocycles. The van der Waals surface area contributed by atoms with Crippen LogP contribution in [0, 0.1) is 22.7 Å². The molecule has 2 N–H and O–H groups in total. The van der Waals surface area contributed by atoms with E-state index in [1.165, 1.54) is 0 Å². The third-order valence-electron chi connectivity index (χ3n) is 12.7. The average molecular weight is 957 g/mol. The summed E-state index contributed by atoms with van der Waals surface area (Å²) in [6.45, 7) is 14.3. The van der Waals surface area contributed by atoms with E-state index in [0.29, 0.717) is 89.0 Å². The van der Waals surface area contributed by atoms with Crippen LogP contribution in [0.2, 0.25) is 0 Å². The fraction of sp³-hybridized carbons (Fsp3) is 0.652. The maximum Gasteiger partial charge on any atom is 0.416 e.